The molecule has 0 radical (unpaired) electrons. The first kappa shape index (κ1) is 14.1. The molecule has 0 aliphatic heterocycles. The fourth-order valence-corrected chi connectivity index (χ4v) is 2.04. The molecule has 0 fully saturated rings. The molecule has 1 aromatic rings. The van der Waals surface area contributed by atoms with Crippen LogP contribution in [0.4, 0.5) is 5.69 Å². The van der Waals surface area contributed by atoms with Crippen LogP contribution in [-0.4, -0.2) is 25.3 Å². The van der Waals surface area contributed by atoms with E-state index in [9.17, 15) is 4.79 Å². The highest BCUT2D eigenvalue weighted by atomic mass is 32.2. The van der Waals surface area contributed by atoms with Gasteiger partial charge in [-0.15, -0.1) is 0 Å². The summed E-state index contributed by atoms with van der Waals surface area (Å²) >= 11 is 1.88. The second-order valence-electron chi connectivity index (χ2n) is 3.74. The third kappa shape index (κ3) is 5.75. The lowest BCUT2D eigenvalue weighted by Crippen LogP contribution is -2.18. The highest BCUT2D eigenvalue weighted by Gasteiger charge is 2.02. The fourth-order valence-electron chi connectivity index (χ4n) is 1.42. The van der Waals surface area contributed by atoms with E-state index in [1.54, 1.807) is 0 Å². The van der Waals surface area contributed by atoms with Crippen molar-refractivity contribution in [2.24, 2.45) is 0 Å². The van der Waals surface area contributed by atoms with E-state index in [0.717, 1.165) is 17.2 Å². The van der Waals surface area contributed by atoms with Gasteiger partial charge in [0, 0.05) is 24.4 Å². The first-order valence-corrected chi connectivity index (χ1v) is 7.03. The van der Waals surface area contributed by atoms with Gasteiger partial charge in [0.15, 0.2) is 0 Å². The van der Waals surface area contributed by atoms with Crippen LogP contribution in [0.5, 0.6) is 0 Å². The Morgan fingerprint density at radius 2 is 2.24 bits per heavy atom. The minimum Gasteiger partial charge on any atom is -0.326 e. The van der Waals surface area contributed by atoms with Crippen LogP contribution in [0.2, 0.25) is 0 Å². The maximum Gasteiger partial charge on any atom is 0.225 e. The zero-order chi connectivity index (χ0) is 12.5. The molecule has 2 N–H and O–H groups in total. The second-order valence-corrected chi connectivity index (χ2v) is 5.01. The molecule has 1 rings (SSSR count). The van der Waals surface area contributed by atoms with Crippen molar-refractivity contribution in [1.82, 2.24) is 5.32 Å². The fraction of sp³-hybridized carbons (Fsp3) is 0.462. The summed E-state index contributed by atoms with van der Waals surface area (Å²) in [7, 11) is 1.84. The Morgan fingerprint density at radius 1 is 1.41 bits per heavy atom. The molecule has 0 saturated heterocycles. The Balaban J connectivity index is 2.50. The number of hydrogen-bond acceptors (Lipinski definition) is 3. The number of amides is 1. The first-order valence-electron chi connectivity index (χ1n) is 5.87. The molecular formula is C13H20N2OS. The maximum absolute atomic E-state index is 11.5. The third-order valence-corrected chi connectivity index (χ3v) is 3.23. The van der Waals surface area contributed by atoms with Crippen LogP contribution in [0.15, 0.2) is 24.3 Å². The van der Waals surface area contributed by atoms with Crippen LogP contribution in [0.3, 0.4) is 0 Å². The van der Waals surface area contributed by atoms with Gasteiger partial charge in [0.1, 0.15) is 0 Å². The minimum absolute atomic E-state index is 0.0552. The topological polar surface area (TPSA) is 41.1 Å². The van der Waals surface area contributed by atoms with Gasteiger partial charge in [-0.05, 0) is 30.5 Å². The molecule has 3 nitrogen and oxygen atoms in total. The number of benzene rings is 1. The lowest BCUT2D eigenvalue weighted by atomic mass is 10.2. The summed E-state index contributed by atoms with van der Waals surface area (Å²) in [6.07, 6.45) is 0.504. The Labute approximate surface area is 107 Å². The lowest BCUT2D eigenvalue weighted by molar-refractivity contribution is -0.116. The smallest absolute Gasteiger partial charge is 0.225 e. The quantitative estimate of drug-likeness (QED) is 0.783. The van der Waals surface area contributed by atoms with E-state index in [4.69, 9.17) is 0 Å². The summed E-state index contributed by atoms with van der Waals surface area (Å²) in [5, 5.41) is 5.86. The molecule has 0 aliphatic carbocycles. The standard InChI is InChI=1S/C13H20N2OS/c1-3-17-10-11-5-4-6-12(9-11)15-13(16)7-8-14-2/h4-6,9,14H,3,7-8,10H2,1-2H3,(H,15,16). The molecular weight excluding hydrogens is 232 g/mol. The van der Waals surface area contributed by atoms with Crippen molar-refractivity contribution in [1.29, 1.82) is 0 Å². The van der Waals surface area contributed by atoms with Crippen molar-refractivity contribution in [3.63, 3.8) is 0 Å². The van der Waals surface area contributed by atoms with E-state index < -0.39 is 0 Å². The molecule has 1 amide bonds. The molecule has 0 bridgehead atoms. The Morgan fingerprint density at radius 3 is 2.94 bits per heavy atom. The number of anilines is 1. The largest absolute Gasteiger partial charge is 0.326 e. The lowest BCUT2D eigenvalue weighted by Gasteiger charge is -2.07. The van der Waals surface area contributed by atoms with Crippen LogP contribution in [0, 0.1) is 0 Å². The molecule has 4 heteroatoms. The van der Waals surface area contributed by atoms with E-state index in [1.807, 2.05) is 37.0 Å². The van der Waals surface area contributed by atoms with Gasteiger partial charge in [-0.3, -0.25) is 4.79 Å². The number of nitrogens with one attached hydrogen (secondary N) is 2. The van der Waals surface area contributed by atoms with Gasteiger partial charge in [0.05, 0.1) is 0 Å². The average Bonchev–Trinajstić information content (AvgIpc) is 2.34. The van der Waals surface area contributed by atoms with Crippen molar-refractivity contribution in [2.45, 2.75) is 19.1 Å². The van der Waals surface area contributed by atoms with Gasteiger partial charge in [0.25, 0.3) is 0 Å². The molecule has 0 saturated carbocycles. The van der Waals surface area contributed by atoms with Crippen LogP contribution >= 0.6 is 11.8 Å². The molecule has 0 aliphatic rings. The molecule has 0 aromatic heterocycles. The third-order valence-electron chi connectivity index (χ3n) is 2.29. The van der Waals surface area contributed by atoms with Gasteiger partial charge in [-0.1, -0.05) is 19.1 Å². The molecule has 0 atom stereocenters. The van der Waals surface area contributed by atoms with Gasteiger partial charge >= 0.3 is 0 Å². The van der Waals surface area contributed by atoms with Crippen molar-refractivity contribution in [3.05, 3.63) is 29.8 Å². The van der Waals surface area contributed by atoms with Gasteiger partial charge in [-0.2, -0.15) is 11.8 Å². The minimum atomic E-state index is 0.0552. The molecule has 94 valence electrons. The van der Waals surface area contributed by atoms with Crippen LogP contribution in [0.1, 0.15) is 18.9 Å². The highest BCUT2D eigenvalue weighted by molar-refractivity contribution is 7.98. The van der Waals surface area contributed by atoms with Gasteiger partial charge in [0.2, 0.25) is 5.91 Å². The number of carbonyl (C=O) groups is 1. The molecule has 0 heterocycles. The maximum atomic E-state index is 11.5. The normalized spacial score (nSPS) is 10.2. The summed E-state index contributed by atoms with van der Waals surface area (Å²) < 4.78 is 0. The molecule has 0 spiro atoms. The average molecular weight is 252 g/mol. The van der Waals surface area contributed by atoms with Crippen LogP contribution in [-0.2, 0) is 10.5 Å². The van der Waals surface area contributed by atoms with Crippen molar-refractivity contribution < 1.29 is 4.79 Å². The number of thioether (sulfide) groups is 1. The number of hydrogen-bond donors (Lipinski definition) is 2. The van der Waals surface area contributed by atoms with Gasteiger partial charge < -0.3 is 10.6 Å². The predicted molar refractivity (Wildman–Crippen MR) is 75.5 cm³/mol. The van der Waals surface area contributed by atoms with Crippen molar-refractivity contribution >= 4 is 23.4 Å². The number of carbonyl (C=O) groups excluding carboxylic acids is 1. The Kier molecular flexibility index (Phi) is 6.74. The zero-order valence-corrected chi connectivity index (χ0v) is 11.3. The second kappa shape index (κ2) is 8.14. The summed E-state index contributed by atoms with van der Waals surface area (Å²) in [5.74, 6) is 2.16. The van der Waals surface area contributed by atoms with E-state index in [0.29, 0.717) is 13.0 Å². The summed E-state index contributed by atoms with van der Waals surface area (Å²) in [6, 6.07) is 8.04. The Hall–Kier alpha value is -1.00. The van der Waals surface area contributed by atoms with E-state index in [-0.39, 0.29) is 5.91 Å². The van der Waals surface area contributed by atoms with Gasteiger partial charge in [-0.25, -0.2) is 0 Å². The van der Waals surface area contributed by atoms with E-state index in [2.05, 4.69) is 23.6 Å². The number of rotatable bonds is 7. The summed E-state index contributed by atoms with van der Waals surface area (Å²) in [5.41, 5.74) is 2.14. The summed E-state index contributed by atoms with van der Waals surface area (Å²) in [6.45, 7) is 2.85. The van der Waals surface area contributed by atoms with E-state index >= 15 is 0 Å². The SMILES string of the molecule is CCSCc1cccc(NC(=O)CCNC)c1. The molecule has 0 unspecified atom stereocenters. The zero-order valence-electron chi connectivity index (χ0n) is 10.5. The van der Waals surface area contributed by atoms with Crippen LogP contribution < -0.4 is 10.6 Å². The molecule has 17 heavy (non-hydrogen) atoms. The van der Waals surface area contributed by atoms with Crippen molar-refractivity contribution in [2.75, 3.05) is 24.7 Å². The molecule has 1 aromatic carbocycles. The summed E-state index contributed by atoms with van der Waals surface area (Å²) in [4.78, 5) is 11.5. The van der Waals surface area contributed by atoms with E-state index in [1.165, 1.54) is 5.56 Å². The predicted octanol–water partition coefficient (Wildman–Crippen LogP) is 2.49. The first-order chi connectivity index (χ1) is 8.26. The van der Waals surface area contributed by atoms with Crippen LogP contribution in [0.25, 0.3) is 0 Å². The highest BCUT2D eigenvalue weighted by Crippen LogP contribution is 2.16. The monoisotopic (exact) mass is 252 g/mol. The van der Waals surface area contributed by atoms with Crippen molar-refractivity contribution in [3.8, 4) is 0 Å². The Bertz CT molecular complexity index is 355.